The van der Waals surface area contributed by atoms with E-state index in [2.05, 4.69) is 19.2 Å². The van der Waals surface area contributed by atoms with Crippen LogP contribution in [0.3, 0.4) is 0 Å². The minimum atomic E-state index is -0.377. The summed E-state index contributed by atoms with van der Waals surface area (Å²) in [7, 11) is 0. The molecule has 1 saturated carbocycles. The number of nitrogens with one attached hydrogen (secondary N) is 1. The van der Waals surface area contributed by atoms with E-state index in [0.717, 1.165) is 6.54 Å². The second-order valence-electron chi connectivity index (χ2n) is 5.65. The predicted octanol–water partition coefficient (Wildman–Crippen LogP) is 3.77. The summed E-state index contributed by atoms with van der Waals surface area (Å²) in [5.74, 6) is 0.653. The lowest BCUT2D eigenvalue weighted by Gasteiger charge is -2.20. The molecule has 4 nitrogen and oxygen atoms in total. The van der Waals surface area contributed by atoms with Gasteiger partial charge in [0, 0.05) is 29.7 Å². The topological polar surface area (TPSA) is 55.2 Å². The van der Waals surface area contributed by atoms with Crippen molar-refractivity contribution in [1.82, 2.24) is 5.32 Å². The van der Waals surface area contributed by atoms with Gasteiger partial charge in [0.2, 0.25) is 0 Å². The number of halogens is 1. The molecule has 0 spiro atoms. The average Bonchev–Trinajstić information content (AvgIpc) is 3.12. The second kappa shape index (κ2) is 5.47. The average molecular weight is 283 g/mol. The lowest BCUT2D eigenvalue weighted by Crippen LogP contribution is -2.27. The Bertz CT molecular complexity index is 484. The van der Waals surface area contributed by atoms with E-state index in [1.165, 1.54) is 18.9 Å². The third kappa shape index (κ3) is 3.25. The Morgan fingerprint density at radius 3 is 2.68 bits per heavy atom. The van der Waals surface area contributed by atoms with Gasteiger partial charge in [0.05, 0.1) is 4.92 Å². The third-order valence-electron chi connectivity index (χ3n) is 4.15. The quantitative estimate of drug-likeness (QED) is 0.638. The summed E-state index contributed by atoms with van der Waals surface area (Å²) in [6.45, 7) is 5.91. The standard InChI is InChI=1S/C14H19ClN2O2/c1-10(2)14(5-6-14)9-16-8-11-3-4-12(15)7-13(11)17(18)19/h3-4,7,10,16H,5-6,8-9H2,1-2H3. The van der Waals surface area contributed by atoms with Crippen molar-refractivity contribution in [3.05, 3.63) is 38.9 Å². The molecule has 1 aliphatic rings. The van der Waals surface area contributed by atoms with E-state index in [1.54, 1.807) is 12.1 Å². The fraction of sp³-hybridized carbons (Fsp3) is 0.571. The molecular weight excluding hydrogens is 264 g/mol. The molecule has 19 heavy (non-hydrogen) atoms. The van der Waals surface area contributed by atoms with Crippen molar-refractivity contribution >= 4 is 17.3 Å². The molecule has 1 aromatic rings. The van der Waals surface area contributed by atoms with Crippen LogP contribution in [0.5, 0.6) is 0 Å². The summed E-state index contributed by atoms with van der Waals surface area (Å²) >= 11 is 5.79. The second-order valence-corrected chi connectivity index (χ2v) is 6.09. The molecule has 0 atom stereocenters. The van der Waals surface area contributed by atoms with Crippen LogP contribution in [0.15, 0.2) is 18.2 Å². The summed E-state index contributed by atoms with van der Waals surface area (Å²) in [5, 5.41) is 14.7. The number of rotatable bonds is 6. The van der Waals surface area contributed by atoms with Crippen molar-refractivity contribution in [2.24, 2.45) is 11.3 Å². The van der Waals surface area contributed by atoms with E-state index in [0.29, 0.717) is 28.5 Å². The molecule has 2 rings (SSSR count). The first kappa shape index (κ1) is 14.3. The fourth-order valence-electron chi connectivity index (χ4n) is 2.42. The molecule has 5 heteroatoms. The van der Waals surface area contributed by atoms with Crippen molar-refractivity contribution in [2.75, 3.05) is 6.54 Å². The highest BCUT2D eigenvalue weighted by molar-refractivity contribution is 6.30. The van der Waals surface area contributed by atoms with Crippen LogP contribution in [0.2, 0.25) is 5.02 Å². The van der Waals surface area contributed by atoms with E-state index in [9.17, 15) is 10.1 Å². The third-order valence-corrected chi connectivity index (χ3v) is 4.39. The van der Waals surface area contributed by atoms with Crippen molar-refractivity contribution in [1.29, 1.82) is 0 Å². The summed E-state index contributed by atoms with van der Waals surface area (Å²) in [6.07, 6.45) is 2.50. The molecule has 0 aromatic heterocycles. The van der Waals surface area contributed by atoms with E-state index >= 15 is 0 Å². The number of nitrogens with zero attached hydrogens (tertiary/aromatic N) is 1. The highest BCUT2D eigenvalue weighted by atomic mass is 35.5. The SMILES string of the molecule is CC(C)C1(CNCc2ccc(Cl)cc2[N+](=O)[O-])CC1. The van der Waals surface area contributed by atoms with Gasteiger partial charge >= 0.3 is 0 Å². The molecule has 0 bridgehead atoms. The van der Waals surface area contributed by atoms with Gasteiger partial charge in [0.25, 0.3) is 5.69 Å². The lowest BCUT2D eigenvalue weighted by atomic mass is 9.92. The molecule has 104 valence electrons. The van der Waals surface area contributed by atoms with Crippen LogP contribution in [-0.4, -0.2) is 11.5 Å². The molecule has 1 N–H and O–H groups in total. The number of hydrogen-bond acceptors (Lipinski definition) is 3. The van der Waals surface area contributed by atoms with Gasteiger partial charge in [-0.25, -0.2) is 0 Å². The van der Waals surface area contributed by atoms with Gasteiger partial charge in [0.15, 0.2) is 0 Å². The summed E-state index contributed by atoms with van der Waals surface area (Å²) in [4.78, 5) is 10.6. The monoisotopic (exact) mass is 282 g/mol. The summed E-state index contributed by atoms with van der Waals surface area (Å²) in [6, 6.07) is 4.83. The maximum atomic E-state index is 11.0. The molecule has 0 unspecified atom stereocenters. The Labute approximate surface area is 118 Å². The van der Waals surface area contributed by atoms with Crippen LogP contribution >= 0.6 is 11.6 Å². The Balaban J connectivity index is 1.98. The maximum absolute atomic E-state index is 11.0. The first-order valence-corrected chi connectivity index (χ1v) is 6.96. The van der Waals surface area contributed by atoms with E-state index in [-0.39, 0.29) is 10.6 Å². The van der Waals surface area contributed by atoms with Crippen molar-refractivity contribution in [2.45, 2.75) is 33.2 Å². The Kier molecular flexibility index (Phi) is 4.11. The molecule has 0 radical (unpaired) electrons. The largest absolute Gasteiger partial charge is 0.312 e. The fourth-order valence-corrected chi connectivity index (χ4v) is 2.59. The lowest BCUT2D eigenvalue weighted by molar-refractivity contribution is -0.385. The molecule has 0 saturated heterocycles. The van der Waals surface area contributed by atoms with Crippen molar-refractivity contribution in [3.8, 4) is 0 Å². The highest BCUT2D eigenvalue weighted by Crippen LogP contribution is 2.51. The molecule has 0 heterocycles. The summed E-state index contributed by atoms with van der Waals surface area (Å²) < 4.78 is 0. The summed E-state index contributed by atoms with van der Waals surface area (Å²) in [5.41, 5.74) is 1.18. The zero-order chi connectivity index (χ0) is 14.0. The Morgan fingerprint density at radius 1 is 1.47 bits per heavy atom. The number of nitro benzene ring substituents is 1. The maximum Gasteiger partial charge on any atom is 0.275 e. The normalized spacial score (nSPS) is 16.6. The predicted molar refractivity (Wildman–Crippen MR) is 76.3 cm³/mol. The minimum absolute atomic E-state index is 0.0920. The van der Waals surface area contributed by atoms with Gasteiger partial charge in [-0.3, -0.25) is 10.1 Å². The number of nitro groups is 1. The van der Waals surface area contributed by atoms with Crippen LogP contribution in [-0.2, 0) is 6.54 Å². The van der Waals surface area contributed by atoms with Gasteiger partial charge in [-0.05, 0) is 36.3 Å². The van der Waals surface area contributed by atoms with Crippen molar-refractivity contribution < 1.29 is 4.92 Å². The van der Waals surface area contributed by atoms with Gasteiger partial charge < -0.3 is 5.32 Å². The van der Waals surface area contributed by atoms with Gasteiger partial charge in [-0.2, -0.15) is 0 Å². The smallest absolute Gasteiger partial charge is 0.275 e. The van der Waals surface area contributed by atoms with Crippen LogP contribution in [0.25, 0.3) is 0 Å². The number of hydrogen-bond donors (Lipinski definition) is 1. The zero-order valence-corrected chi connectivity index (χ0v) is 12.0. The zero-order valence-electron chi connectivity index (χ0n) is 11.3. The number of benzene rings is 1. The molecule has 0 amide bonds. The van der Waals surface area contributed by atoms with Gasteiger partial charge in [-0.15, -0.1) is 0 Å². The van der Waals surface area contributed by atoms with E-state index < -0.39 is 0 Å². The van der Waals surface area contributed by atoms with E-state index in [4.69, 9.17) is 11.6 Å². The van der Waals surface area contributed by atoms with Crippen molar-refractivity contribution in [3.63, 3.8) is 0 Å². The Morgan fingerprint density at radius 2 is 2.16 bits per heavy atom. The first-order chi connectivity index (χ1) is 8.94. The van der Waals surface area contributed by atoms with Gasteiger partial charge in [0.1, 0.15) is 0 Å². The van der Waals surface area contributed by atoms with Crippen LogP contribution < -0.4 is 5.32 Å². The molecule has 0 aliphatic heterocycles. The molecule has 1 aromatic carbocycles. The molecular formula is C14H19ClN2O2. The minimum Gasteiger partial charge on any atom is -0.312 e. The highest BCUT2D eigenvalue weighted by Gasteiger charge is 2.44. The molecule has 1 aliphatic carbocycles. The van der Waals surface area contributed by atoms with Crippen LogP contribution in [0, 0.1) is 21.4 Å². The van der Waals surface area contributed by atoms with Gasteiger partial charge in [-0.1, -0.05) is 25.4 Å². The Hall–Kier alpha value is -1.13. The van der Waals surface area contributed by atoms with Crippen LogP contribution in [0.4, 0.5) is 5.69 Å². The van der Waals surface area contributed by atoms with E-state index in [1.807, 2.05) is 0 Å². The molecule has 1 fully saturated rings. The first-order valence-electron chi connectivity index (χ1n) is 6.58. The van der Waals surface area contributed by atoms with Crippen LogP contribution in [0.1, 0.15) is 32.3 Å².